The van der Waals surface area contributed by atoms with Gasteiger partial charge in [-0.3, -0.25) is 4.79 Å². The highest BCUT2D eigenvalue weighted by molar-refractivity contribution is 8.00. The molecule has 1 amide bonds. The Morgan fingerprint density at radius 3 is 2.85 bits per heavy atom. The van der Waals surface area contributed by atoms with Gasteiger partial charge in [0.05, 0.1) is 5.25 Å². The molecule has 1 heterocycles. The number of anilines is 2. The van der Waals surface area contributed by atoms with Crippen LogP contribution in [0.5, 0.6) is 0 Å². The fourth-order valence-electron chi connectivity index (χ4n) is 1.70. The number of aryl methyl sites for hydroxylation is 1. The normalized spacial score (nSPS) is 12.1. The number of rotatable bonds is 5. The van der Waals surface area contributed by atoms with E-state index in [4.69, 9.17) is 10.3 Å². The van der Waals surface area contributed by atoms with Crippen LogP contribution in [0, 0.1) is 6.92 Å². The number of nitrogens with zero attached hydrogens (tertiary/aromatic N) is 1. The van der Waals surface area contributed by atoms with Gasteiger partial charge in [0, 0.05) is 16.6 Å². The summed E-state index contributed by atoms with van der Waals surface area (Å²) >= 11 is 1.45. The van der Waals surface area contributed by atoms with Crippen LogP contribution < -0.4 is 11.1 Å². The molecule has 20 heavy (non-hydrogen) atoms. The minimum absolute atomic E-state index is 0.103. The van der Waals surface area contributed by atoms with E-state index in [0.29, 0.717) is 23.7 Å². The predicted molar refractivity (Wildman–Crippen MR) is 80.7 cm³/mol. The molecular formula is C14H17N3O2S. The highest BCUT2D eigenvalue weighted by Gasteiger charge is 2.20. The Bertz CT molecular complexity index is 598. The molecule has 5 nitrogen and oxygen atoms in total. The summed E-state index contributed by atoms with van der Waals surface area (Å²) in [7, 11) is 0. The number of hydrogen-bond acceptors (Lipinski definition) is 5. The number of benzene rings is 1. The van der Waals surface area contributed by atoms with E-state index >= 15 is 0 Å². The Kier molecular flexibility index (Phi) is 4.68. The standard InChI is InChI=1S/C14H17N3O2S/c1-3-11(20-12-7-5-4-6-10(12)15)14(18)16-13-8-9(2)19-17-13/h4-8,11H,3,15H2,1-2H3,(H,16,17,18). The fourth-order valence-corrected chi connectivity index (χ4v) is 2.70. The molecule has 0 saturated heterocycles. The average molecular weight is 291 g/mol. The quantitative estimate of drug-likeness (QED) is 0.653. The molecule has 106 valence electrons. The minimum atomic E-state index is -0.225. The number of amides is 1. The van der Waals surface area contributed by atoms with Crippen LogP contribution in [0.25, 0.3) is 0 Å². The largest absolute Gasteiger partial charge is 0.398 e. The van der Waals surface area contributed by atoms with E-state index in [1.807, 2.05) is 31.2 Å². The first kappa shape index (κ1) is 14.5. The lowest BCUT2D eigenvalue weighted by Gasteiger charge is -2.14. The van der Waals surface area contributed by atoms with Crippen LogP contribution in [0.2, 0.25) is 0 Å². The van der Waals surface area contributed by atoms with Gasteiger partial charge in [-0.05, 0) is 25.5 Å². The van der Waals surface area contributed by atoms with Crippen LogP contribution >= 0.6 is 11.8 Å². The van der Waals surface area contributed by atoms with Crippen LogP contribution in [0.4, 0.5) is 11.5 Å². The van der Waals surface area contributed by atoms with Crippen LogP contribution in [0.1, 0.15) is 19.1 Å². The zero-order chi connectivity index (χ0) is 14.5. The van der Waals surface area contributed by atoms with Gasteiger partial charge < -0.3 is 15.6 Å². The van der Waals surface area contributed by atoms with Gasteiger partial charge in [0.25, 0.3) is 0 Å². The van der Waals surface area contributed by atoms with Crippen molar-refractivity contribution in [3.63, 3.8) is 0 Å². The van der Waals surface area contributed by atoms with Gasteiger partial charge in [0.15, 0.2) is 5.82 Å². The van der Waals surface area contributed by atoms with E-state index in [1.54, 1.807) is 13.0 Å². The molecule has 0 aliphatic rings. The maximum atomic E-state index is 12.2. The Balaban J connectivity index is 2.04. The van der Waals surface area contributed by atoms with Crippen molar-refractivity contribution >= 4 is 29.2 Å². The molecule has 1 unspecified atom stereocenters. The van der Waals surface area contributed by atoms with Gasteiger partial charge in [-0.25, -0.2) is 0 Å². The Morgan fingerprint density at radius 2 is 2.25 bits per heavy atom. The van der Waals surface area contributed by atoms with E-state index < -0.39 is 0 Å². The van der Waals surface area contributed by atoms with Gasteiger partial charge in [0.1, 0.15) is 5.76 Å². The summed E-state index contributed by atoms with van der Waals surface area (Å²) in [5.74, 6) is 0.995. The van der Waals surface area contributed by atoms with Crippen molar-refractivity contribution in [2.24, 2.45) is 0 Å². The minimum Gasteiger partial charge on any atom is -0.398 e. The average Bonchev–Trinajstić information content (AvgIpc) is 2.83. The molecule has 1 atom stereocenters. The molecule has 0 radical (unpaired) electrons. The van der Waals surface area contributed by atoms with E-state index in [2.05, 4.69) is 10.5 Å². The van der Waals surface area contributed by atoms with E-state index in [1.165, 1.54) is 11.8 Å². The van der Waals surface area contributed by atoms with E-state index in [-0.39, 0.29) is 11.2 Å². The third kappa shape index (κ3) is 3.54. The summed E-state index contributed by atoms with van der Waals surface area (Å²) in [6, 6.07) is 9.21. The van der Waals surface area contributed by atoms with Gasteiger partial charge in [-0.1, -0.05) is 24.2 Å². The SMILES string of the molecule is CCC(Sc1ccccc1N)C(=O)Nc1cc(C)on1. The lowest BCUT2D eigenvalue weighted by atomic mass is 10.3. The monoisotopic (exact) mass is 291 g/mol. The van der Waals surface area contributed by atoms with E-state index in [9.17, 15) is 4.79 Å². The van der Waals surface area contributed by atoms with Crippen LogP contribution in [-0.4, -0.2) is 16.3 Å². The second-order valence-electron chi connectivity index (χ2n) is 4.36. The Morgan fingerprint density at radius 1 is 1.50 bits per heavy atom. The van der Waals surface area contributed by atoms with E-state index in [0.717, 1.165) is 4.90 Å². The second kappa shape index (κ2) is 6.47. The van der Waals surface area contributed by atoms with Gasteiger partial charge in [-0.15, -0.1) is 11.8 Å². The maximum absolute atomic E-state index is 12.2. The Labute approximate surface area is 121 Å². The topological polar surface area (TPSA) is 81.2 Å². The lowest BCUT2D eigenvalue weighted by molar-refractivity contribution is -0.115. The maximum Gasteiger partial charge on any atom is 0.239 e. The first-order valence-electron chi connectivity index (χ1n) is 6.35. The zero-order valence-electron chi connectivity index (χ0n) is 11.4. The third-order valence-electron chi connectivity index (χ3n) is 2.73. The highest BCUT2D eigenvalue weighted by Crippen LogP contribution is 2.30. The summed E-state index contributed by atoms with van der Waals surface area (Å²) < 4.78 is 4.92. The smallest absolute Gasteiger partial charge is 0.239 e. The number of carbonyl (C=O) groups is 1. The molecule has 0 aliphatic heterocycles. The first-order chi connectivity index (χ1) is 9.60. The van der Waals surface area contributed by atoms with Crippen LogP contribution in [0.3, 0.4) is 0 Å². The van der Waals surface area contributed by atoms with Gasteiger partial charge in [0.2, 0.25) is 5.91 Å². The summed E-state index contributed by atoms with van der Waals surface area (Å²) in [6.45, 7) is 3.74. The summed E-state index contributed by atoms with van der Waals surface area (Å²) in [6.07, 6.45) is 0.696. The molecule has 6 heteroatoms. The predicted octanol–water partition coefficient (Wildman–Crippen LogP) is 3.07. The van der Waals surface area contributed by atoms with Crippen molar-refractivity contribution in [1.82, 2.24) is 5.16 Å². The second-order valence-corrected chi connectivity index (χ2v) is 5.61. The molecule has 0 saturated carbocycles. The molecule has 0 fully saturated rings. The molecule has 2 aromatic rings. The third-order valence-corrected chi connectivity index (χ3v) is 4.19. The van der Waals surface area contributed by atoms with Crippen molar-refractivity contribution in [3.8, 4) is 0 Å². The zero-order valence-corrected chi connectivity index (χ0v) is 12.2. The number of thioether (sulfide) groups is 1. The number of nitrogens with two attached hydrogens (primary N) is 1. The molecule has 0 bridgehead atoms. The van der Waals surface area contributed by atoms with Crippen LogP contribution in [-0.2, 0) is 4.79 Å². The molecule has 0 spiro atoms. The summed E-state index contributed by atoms with van der Waals surface area (Å²) in [5.41, 5.74) is 6.58. The summed E-state index contributed by atoms with van der Waals surface area (Å²) in [4.78, 5) is 13.1. The van der Waals surface area contributed by atoms with Crippen molar-refractivity contribution in [1.29, 1.82) is 0 Å². The highest BCUT2D eigenvalue weighted by atomic mass is 32.2. The van der Waals surface area contributed by atoms with Crippen molar-refractivity contribution in [3.05, 3.63) is 36.1 Å². The summed E-state index contributed by atoms with van der Waals surface area (Å²) in [5, 5.41) is 6.28. The van der Waals surface area contributed by atoms with Crippen molar-refractivity contribution in [2.75, 3.05) is 11.1 Å². The van der Waals surface area contributed by atoms with Crippen LogP contribution in [0.15, 0.2) is 39.8 Å². The molecule has 0 aliphatic carbocycles. The number of carbonyl (C=O) groups excluding carboxylic acids is 1. The molecule has 2 rings (SSSR count). The molecular weight excluding hydrogens is 274 g/mol. The number of nitrogens with one attached hydrogen (secondary N) is 1. The number of aromatic nitrogens is 1. The van der Waals surface area contributed by atoms with Crippen molar-refractivity contribution < 1.29 is 9.32 Å². The van der Waals surface area contributed by atoms with Crippen molar-refractivity contribution in [2.45, 2.75) is 30.4 Å². The molecule has 3 N–H and O–H groups in total. The number of para-hydroxylation sites is 1. The lowest BCUT2D eigenvalue weighted by Crippen LogP contribution is -2.24. The Hall–Kier alpha value is -1.95. The number of nitrogen functional groups attached to an aromatic ring is 1. The van der Waals surface area contributed by atoms with Gasteiger partial charge in [-0.2, -0.15) is 0 Å². The number of hydrogen-bond donors (Lipinski definition) is 2. The molecule has 1 aromatic carbocycles. The first-order valence-corrected chi connectivity index (χ1v) is 7.23. The van der Waals surface area contributed by atoms with Gasteiger partial charge >= 0.3 is 0 Å². The fraction of sp³-hybridized carbons (Fsp3) is 0.286. The molecule has 1 aromatic heterocycles.